The van der Waals surface area contributed by atoms with E-state index in [1.54, 1.807) is 16.9 Å². The molecule has 4 rings (SSSR count). The Balaban J connectivity index is 0.000000970. The predicted octanol–water partition coefficient (Wildman–Crippen LogP) is 4.54. The van der Waals surface area contributed by atoms with Gasteiger partial charge in [0.1, 0.15) is 12.5 Å². The lowest BCUT2D eigenvalue weighted by molar-refractivity contribution is -0.0979. The first-order chi connectivity index (χ1) is 16.5. The maximum absolute atomic E-state index is 15.0. The number of rotatable bonds is 5. The van der Waals surface area contributed by atoms with Crippen molar-refractivity contribution in [3.63, 3.8) is 0 Å². The number of benzene rings is 1. The summed E-state index contributed by atoms with van der Waals surface area (Å²) in [6.45, 7) is 16.5. The molecule has 1 N–H and O–H groups in total. The van der Waals surface area contributed by atoms with Crippen LogP contribution in [0, 0.1) is 26.6 Å². The van der Waals surface area contributed by atoms with Crippen LogP contribution in [-0.2, 0) is 11.3 Å². The van der Waals surface area contributed by atoms with Crippen LogP contribution in [0.15, 0.2) is 36.5 Å². The van der Waals surface area contributed by atoms with Crippen LogP contribution in [0.3, 0.4) is 0 Å². The van der Waals surface area contributed by atoms with Crippen molar-refractivity contribution in [2.75, 3.05) is 43.4 Å². The van der Waals surface area contributed by atoms with Crippen LogP contribution >= 0.6 is 0 Å². The third-order valence-electron chi connectivity index (χ3n) is 5.75. The van der Waals surface area contributed by atoms with Crippen LogP contribution < -0.4 is 10.2 Å². The Kier molecular flexibility index (Phi) is 10.2. The van der Waals surface area contributed by atoms with E-state index in [-0.39, 0.29) is 5.82 Å². The van der Waals surface area contributed by atoms with Crippen LogP contribution in [0.5, 0.6) is 0 Å². The Labute approximate surface area is 202 Å². The number of aromatic nitrogens is 3. The van der Waals surface area contributed by atoms with Gasteiger partial charge < -0.3 is 15.0 Å². The van der Waals surface area contributed by atoms with Crippen molar-refractivity contribution in [2.24, 2.45) is 0 Å². The SMILES string of the molecule is C=O.CC.CNc1cc(CN2CCN(c3ccc(C)nc3C)CC2)cc(F)c1-n1nccc1C. The monoisotopic (exact) mass is 468 g/mol. The predicted molar refractivity (Wildman–Crippen MR) is 137 cm³/mol. The molecule has 8 heteroatoms. The van der Waals surface area contributed by atoms with Crippen LogP contribution in [0.1, 0.15) is 36.5 Å². The lowest BCUT2D eigenvalue weighted by Gasteiger charge is -2.36. The molecule has 184 valence electrons. The first-order valence-corrected chi connectivity index (χ1v) is 11.7. The minimum absolute atomic E-state index is 0.261. The fraction of sp³-hybridized carbons (Fsp3) is 0.423. The molecule has 1 aliphatic rings. The average molecular weight is 469 g/mol. The van der Waals surface area contributed by atoms with E-state index in [1.807, 2.05) is 53.7 Å². The fourth-order valence-corrected chi connectivity index (χ4v) is 4.17. The normalized spacial score (nSPS) is 13.4. The summed E-state index contributed by atoms with van der Waals surface area (Å²) in [5, 5.41) is 7.40. The highest BCUT2D eigenvalue weighted by atomic mass is 19.1. The summed E-state index contributed by atoms with van der Waals surface area (Å²) in [5.74, 6) is -0.261. The van der Waals surface area contributed by atoms with Crippen molar-refractivity contribution in [1.82, 2.24) is 19.7 Å². The molecule has 0 amide bonds. The molecule has 0 atom stereocenters. The van der Waals surface area contributed by atoms with Gasteiger partial charge in [-0.3, -0.25) is 9.88 Å². The lowest BCUT2D eigenvalue weighted by atomic mass is 10.1. The number of carbonyl (C=O) groups is 1. The molecular weight excluding hydrogens is 431 g/mol. The smallest absolute Gasteiger partial charge is 0.151 e. The van der Waals surface area contributed by atoms with Gasteiger partial charge in [-0.25, -0.2) is 9.07 Å². The summed E-state index contributed by atoms with van der Waals surface area (Å²) in [5.41, 5.74) is 6.41. The van der Waals surface area contributed by atoms with Gasteiger partial charge in [0.05, 0.1) is 17.1 Å². The highest BCUT2D eigenvalue weighted by Crippen LogP contribution is 2.27. The van der Waals surface area contributed by atoms with Gasteiger partial charge in [-0.15, -0.1) is 0 Å². The van der Waals surface area contributed by atoms with Gasteiger partial charge >= 0.3 is 0 Å². The molecule has 0 unspecified atom stereocenters. The summed E-state index contributed by atoms with van der Waals surface area (Å²) in [4.78, 5) is 17.4. The van der Waals surface area contributed by atoms with Crippen LogP contribution in [0.4, 0.5) is 15.8 Å². The van der Waals surface area contributed by atoms with Crippen LogP contribution in [0.2, 0.25) is 0 Å². The van der Waals surface area contributed by atoms with Crippen molar-refractivity contribution < 1.29 is 9.18 Å². The molecule has 0 bridgehead atoms. The Morgan fingerprint density at radius 3 is 2.26 bits per heavy atom. The van der Waals surface area contributed by atoms with Crippen molar-refractivity contribution >= 4 is 18.2 Å². The van der Waals surface area contributed by atoms with E-state index >= 15 is 4.39 Å². The zero-order valence-corrected chi connectivity index (χ0v) is 21.2. The Morgan fingerprint density at radius 2 is 1.71 bits per heavy atom. The number of halogens is 1. The van der Waals surface area contributed by atoms with Crippen molar-refractivity contribution in [2.45, 2.75) is 41.2 Å². The van der Waals surface area contributed by atoms with Gasteiger partial charge in [-0.2, -0.15) is 5.10 Å². The first-order valence-electron chi connectivity index (χ1n) is 11.7. The molecule has 0 saturated carbocycles. The van der Waals surface area contributed by atoms with Crippen LogP contribution in [-0.4, -0.2) is 59.7 Å². The Bertz CT molecular complexity index is 1060. The zero-order valence-electron chi connectivity index (χ0n) is 21.2. The van der Waals surface area contributed by atoms with Gasteiger partial charge in [-0.05, 0) is 56.7 Å². The van der Waals surface area contributed by atoms with Crippen molar-refractivity contribution in [3.8, 4) is 5.69 Å². The summed E-state index contributed by atoms with van der Waals surface area (Å²) in [7, 11) is 1.82. The molecule has 1 aromatic carbocycles. The van der Waals surface area contributed by atoms with Gasteiger partial charge in [0, 0.05) is 57.4 Å². The first kappa shape index (κ1) is 27.0. The van der Waals surface area contributed by atoms with Crippen LogP contribution in [0.25, 0.3) is 5.69 Å². The number of aryl methyl sites for hydroxylation is 3. The second-order valence-corrected chi connectivity index (χ2v) is 7.93. The zero-order chi connectivity index (χ0) is 25.3. The number of nitrogens with one attached hydrogen (secondary N) is 1. The summed E-state index contributed by atoms with van der Waals surface area (Å²) in [6.07, 6.45) is 1.69. The number of nitrogens with zero attached hydrogens (tertiary/aromatic N) is 5. The molecule has 0 spiro atoms. The molecule has 1 saturated heterocycles. The van der Waals surface area contributed by atoms with E-state index in [4.69, 9.17) is 4.79 Å². The molecule has 7 nitrogen and oxygen atoms in total. The number of carbonyl (C=O) groups excluding carboxylic acids is 1. The molecule has 1 fully saturated rings. The highest BCUT2D eigenvalue weighted by Gasteiger charge is 2.21. The third kappa shape index (κ3) is 6.20. The maximum atomic E-state index is 15.0. The van der Waals surface area contributed by atoms with E-state index in [0.29, 0.717) is 5.69 Å². The number of piperazine rings is 1. The largest absolute Gasteiger partial charge is 0.386 e. The molecule has 0 radical (unpaired) electrons. The molecule has 2 aromatic heterocycles. The van der Waals surface area contributed by atoms with E-state index in [9.17, 15) is 0 Å². The van der Waals surface area contributed by atoms with Crippen molar-refractivity contribution in [1.29, 1.82) is 0 Å². The fourth-order valence-electron chi connectivity index (χ4n) is 4.17. The lowest BCUT2D eigenvalue weighted by Crippen LogP contribution is -2.46. The quantitative estimate of drug-likeness (QED) is 0.593. The van der Waals surface area contributed by atoms with E-state index < -0.39 is 0 Å². The molecule has 34 heavy (non-hydrogen) atoms. The molecular formula is C26H37FN6O. The minimum Gasteiger partial charge on any atom is -0.386 e. The average Bonchev–Trinajstić information content (AvgIpc) is 3.27. The topological polar surface area (TPSA) is 66.3 Å². The molecule has 3 heterocycles. The van der Waals surface area contributed by atoms with E-state index in [1.165, 1.54) is 5.69 Å². The second-order valence-electron chi connectivity index (χ2n) is 7.93. The number of pyridine rings is 1. The number of hydrogen-bond acceptors (Lipinski definition) is 6. The van der Waals surface area contributed by atoms with Gasteiger partial charge in [0.2, 0.25) is 0 Å². The summed E-state index contributed by atoms with van der Waals surface area (Å²) >= 11 is 0. The standard InChI is InChI=1S/C23H29FN6.C2H6.CH2O/c1-16-5-6-22(18(3)27-16)29-11-9-28(10-12-29)15-19-13-20(24)23(21(14-19)25-4)30-17(2)7-8-26-30;2*1-2/h5-8,13-14,25H,9-12,15H2,1-4H3;1-2H3;1H2. The van der Waals surface area contributed by atoms with Crippen molar-refractivity contribution in [3.05, 3.63) is 65.0 Å². The summed E-state index contributed by atoms with van der Waals surface area (Å²) < 4.78 is 16.7. The van der Waals surface area contributed by atoms with E-state index in [2.05, 4.69) is 44.3 Å². The Hall–Kier alpha value is -3.26. The Morgan fingerprint density at radius 1 is 1.03 bits per heavy atom. The molecule has 0 aliphatic carbocycles. The highest BCUT2D eigenvalue weighted by molar-refractivity contribution is 5.63. The van der Waals surface area contributed by atoms with Gasteiger partial charge in [-0.1, -0.05) is 13.8 Å². The second kappa shape index (κ2) is 12.8. The van der Waals surface area contributed by atoms with Gasteiger partial charge in [0.15, 0.2) is 5.82 Å². The molecule has 3 aromatic rings. The minimum atomic E-state index is -0.261. The summed E-state index contributed by atoms with van der Waals surface area (Å²) in [6, 6.07) is 9.77. The third-order valence-corrected chi connectivity index (χ3v) is 5.75. The number of hydrogen-bond donors (Lipinski definition) is 1. The van der Waals surface area contributed by atoms with Gasteiger partial charge in [0.25, 0.3) is 0 Å². The number of anilines is 2. The van der Waals surface area contributed by atoms with E-state index in [0.717, 1.165) is 61.1 Å². The molecule has 1 aliphatic heterocycles. The maximum Gasteiger partial charge on any atom is 0.151 e.